The van der Waals surface area contributed by atoms with Crippen molar-refractivity contribution in [2.45, 2.75) is 13.8 Å². The second-order valence-electron chi connectivity index (χ2n) is 4.04. The highest BCUT2D eigenvalue weighted by atomic mass is 79.9. The van der Waals surface area contributed by atoms with Crippen molar-refractivity contribution in [3.8, 4) is 11.8 Å². The van der Waals surface area contributed by atoms with E-state index in [-0.39, 0.29) is 11.6 Å². The third kappa shape index (κ3) is 2.69. The zero-order valence-electron chi connectivity index (χ0n) is 10.4. The number of aromatic hydroxyl groups is 1. The topological polar surface area (TPSA) is 69.5 Å². The summed E-state index contributed by atoms with van der Waals surface area (Å²) in [6, 6.07) is 7.09. The van der Waals surface area contributed by atoms with Crippen LogP contribution < -0.4 is 0 Å². The van der Waals surface area contributed by atoms with E-state index in [1.54, 1.807) is 25.1 Å². The van der Waals surface area contributed by atoms with Gasteiger partial charge in [0.25, 0.3) is 0 Å². The van der Waals surface area contributed by atoms with Crippen molar-refractivity contribution in [1.29, 1.82) is 5.26 Å². The van der Waals surface area contributed by atoms with Crippen molar-refractivity contribution in [2.75, 3.05) is 0 Å². The molecule has 2 aromatic rings. The van der Waals surface area contributed by atoms with E-state index in [4.69, 9.17) is 9.68 Å². The van der Waals surface area contributed by atoms with Gasteiger partial charge in [0, 0.05) is 21.8 Å². The lowest BCUT2D eigenvalue weighted by atomic mass is 10.2. The Bertz CT molecular complexity index is 696. The molecule has 0 aliphatic heterocycles. The van der Waals surface area contributed by atoms with Gasteiger partial charge in [0.15, 0.2) is 0 Å². The number of nitriles is 1. The summed E-state index contributed by atoms with van der Waals surface area (Å²) < 4.78 is 6.25. The number of hydrogen-bond donors (Lipinski definition) is 1. The van der Waals surface area contributed by atoms with Crippen molar-refractivity contribution in [2.24, 2.45) is 4.99 Å². The van der Waals surface area contributed by atoms with Crippen LogP contribution in [0, 0.1) is 25.2 Å². The van der Waals surface area contributed by atoms with Crippen molar-refractivity contribution >= 4 is 28.0 Å². The van der Waals surface area contributed by atoms with Gasteiger partial charge in [0.05, 0.1) is 0 Å². The molecule has 1 N–H and O–H groups in total. The third-order valence-electron chi connectivity index (χ3n) is 2.79. The van der Waals surface area contributed by atoms with Crippen LogP contribution in [0.1, 0.15) is 22.5 Å². The second-order valence-corrected chi connectivity index (χ2v) is 4.95. The van der Waals surface area contributed by atoms with Crippen LogP contribution in [0.3, 0.4) is 0 Å². The molecule has 0 radical (unpaired) electrons. The maximum atomic E-state index is 9.69. The van der Waals surface area contributed by atoms with Gasteiger partial charge in [-0.1, -0.05) is 15.9 Å². The molecule has 0 unspecified atom stereocenters. The Balaban J connectivity index is 2.41. The summed E-state index contributed by atoms with van der Waals surface area (Å²) >= 11 is 3.32. The van der Waals surface area contributed by atoms with E-state index in [1.165, 1.54) is 6.21 Å². The van der Waals surface area contributed by atoms with Crippen molar-refractivity contribution < 1.29 is 9.52 Å². The highest BCUT2D eigenvalue weighted by Gasteiger charge is 2.13. The Labute approximate surface area is 119 Å². The van der Waals surface area contributed by atoms with E-state index in [2.05, 4.69) is 27.0 Å². The predicted molar refractivity (Wildman–Crippen MR) is 76.0 cm³/mol. The van der Waals surface area contributed by atoms with Crippen LogP contribution in [0.2, 0.25) is 0 Å². The molecule has 1 aromatic heterocycles. The van der Waals surface area contributed by atoms with E-state index < -0.39 is 0 Å². The minimum atomic E-state index is 0.116. The average molecular weight is 319 g/mol. The summed E-state index contributed by atoms with van der Waals surface area (Å²) in [5.41, 5.74) is 1.75. The Morgan fingerprint density at radius 3 is 2.84 bits per heavy atom. The van der Waals surface area contributed by atoms with E-state index in [0.717, 1.165) is 10.0 Å². The van der Waals surface area contributed by atoms with Crippen LogP contribution in [0.5, 0.6) is 5.75 Å². The fourth-order valence-electron chi connectivity index (χ4n) is 1.59. The molecule has 0 saturated heterocycles. The molecule has 5 heteroatoms. The lowest BCUT2D eigenvalue weighted by Gasteiger charge is -1.98. The van der Waals surface area contributed by atoms with E-state index in [9.17, 15) is 5.11 Å². The standard InChI is InChI=1S/C14H11BrN2O2/c1-8-9(2)19-14(12(8)6-16)17-7-10-5-11(15)3-4-13(10)18/h3-5,7,18H,1-2H3. The molecule has 19 heavy (non-hydrogen) atoms. The monoisotopic (exact) mass is 318 g/mol. The molecule has 0 spiro atoms. The summed E-state index contributed by atoms with van der Waals surface area (Å²) in [6.07, 6.45) is 1.47. The van der Waals surface area contributed by atoms with Crippen molar-refractivity contribution in [3.05, 3.63) is 45.1 Å². The second kappa shape index (κ2) is 5.29. The minimum absolute atomic E-state index is 0.116. The van der Waals surface area contributed by atoms with Crippen molar-refractivity contribution in [3.63, 3.8) is 0 Å². The summed E-state index contributed by atoms with van der Waals surface area (Å²) in [5, 5.41) is 18.8. The van der Waals surface area contributed by atoms with Crippen LogP contribution in [0.25, 0.3) is 0 Å². The zero-order chi connectivity index (χ0) is 14.0. The number of aryl methyl sites for hydroxylation is 1. The van der Waals surface area contributed by atoms with Gasteiger partial charge in [0.2, 0.25) is 5.88 Å². The highest BCUT2D eigenvalue weighted by Crippen LogP contribution is 2.28. The quantitative estimate of drug-likeness (QED) is 0.851. The van der Waals surface area contributed by atoms with Crippen molar-refractivity contribution in [1.82, 2.24) is 0 Å². The molecular formula is C14H11BrN2O2. The van der Waals surface area contributed by atoms with Crippen LogP contribution in [0.4, 0.5) is 5.88 Å². The zero-order valence-corrected chi connectivity index (χ0v) is 12.0. The van der Waals surface area contributed by atoms with Gasteiger partial charge < -0.3 is 9.52 Å². The summed E-state index contributed by atoms with van der Waals surface area (Å²) in [5.74, 6) is 1.05. The third-order valence-corrected chi connectivity index (χ3v) is 3.28. The maximum Gasteiger partial charge on any atom is 0.237 e. The number of benzene rings is 1. The van der Waals surface area contributed by atoms with Gasteiger partial charge in [0.1, 0.15) is 23.1 Å². The van der Waals surface area contributed by atoms with Gasteiger partial charge in [-0.3, -0.25) is 0 Å². The Hall–Kier alpha value is -2.06. The molecule has 0 saturated carbocycles. The van der Waals surface area contributed by atoms with E-state index >= 15 is 0 Å². The highest BCUT2D eigenvalue weighted by molar-refractivity contribution is 9.10. The molecule has 0 atom stereocenters. The number of hydrogen-bond acceptors (Lipinski definition) is 4. The van der Waals surface area contributed by atoms with Crippen LogP contribution in [-0.2, 0) is 0 Å². The Kier molecular flexibility index (Phi) is 3.72. The van der Waals surface area contributed by atoms with E-state index in [1.807, 2.05) is 6.92 Å². The first-order valence-corrected chi connectivity index (χ1v) is 6.35. The Morgan fingerprint density at radius 2 is 2.16 bits per heavy atom. The molecule has 1 heterocycles. The molecule has 0 bridgehead atoms. The molecule has 0 amide bonds. The number of phenols is 1. The lowest BCUT2D eigenvalue weighted by Crippen LogP contribution is -1.82. The molecule has 4 nitrogen and oxygen atoms in total. The van der Waals surface area contributed by atoms with E-state index in [0.29, 0.717) is 16.9 Å². The molecule has 0 fully saturated rings. The normalized spacial score (nSPS) is 10.8. The number of halogens is 1. The fraction of sp³-hybridized carbons (Fsp3) is 0.143. The first-order chi connectivity index (χ1) is 9.02. The summed E-state index contributed by atoms with van der Waals surface area (Å²) in [7, 11) is 0. The number of rotatable bonds is 2. The molecule has 96 valence electrons. The number of phenolic OH excluding ortho intramolecular Hbond substituents is 1. The summed E-state index contributed by atoms with van der Waals surface area (Å²) in [4.78, 5) is 4.14. The van der Waals surface area contributed by atoms with Gasteiger partial charge in [-0.2, -0.15) is 5.26 Å². The smallest absolute Gasteiger partial charge is 0.237 e. The predicted octanol–water partition coefficient (Wildman–Crippen LogP) is 3.99. The first-order valence-electron chi connectivity index (χ1n) is 5.55. The lowest BCUT2D eigenvalue weighted by molar-refractivity contribution is 0.474. The molecular weight excluding hydrogens is 308 g/mol. The van der Waals surface area contributed by atoms with Gasteiger partial charge in [-0.15, -0.1) is 0 Å². The largest absolute Gasteiger partial charge is 0.507 e. The van der Waals surface area contributed by atoms with Crippen LogP contribution in [0.15, 0.2) is 32.1 Å². The number of aliphatic imine (C=N–C) groups is 1. The average Bonchev–Trinajstić information content (AvgIpc) is 2.66. The SMILES string of the molecule is Cc1oc(N=Cc2cc(Br)ccc2O)c(C#N)c1C. The van der Waals surface area contributed by atoms with Gasteiger partial charge in [-0.05, 0) is 32.0 Å². The van der Waals surface area contributed by atoms with Crippen LogP contribution >= 0.6 is 15.9 Å². The molecule has 0 aliphatic carbocycles. The first kappa shape index (κ1) is 13.4. The maximum absolute atomic E-state index is 9.69. The molecule has 0 aliphatic rings. The molecule has 2 rings (SSSR count). The van der Waals surface area contributed by atoms with Gasteiger partial charge in [-0.25, -0.2) is 4.99 Å². The van der Waals surface area contributed by atoms with Crippen LogP contribution in [-0.4, -0.2) is 11.3 Å². The van der Waals surface area contributed by atoms with Gasteiger partial charge >= 0.3 is 0 Å². The summed E-state index contributed by atoms with van der Waals surface area (Å²) in [6.45, 7) is 3.60. The molecule has 1 aromatic carbocycles. The fourth-order valence-corrected chi connectivity index (χ4v) is 1.97. The number of nitrogens with zero attached hydrogens (tertiary/aromatic N) is 2. The minimum Gasteiger partial charge on any atom is -0.507 e. The Morgan fingerprint density at radius 1 is 1.42 bits per heavy atom. The number of furan rings is 1.